The van der Waals surface area contributed by atoms with Gasteiger partial charge in [0.1, 0.15) is 12.0 Å². The van der Waals surface area contributed by atoms with Crippen LogP contribution in [0.4, 0.5) is 0 Å². The third kappa shape index (κ3) is 5.17. The van der Waals surface area contributed by atoms with Crippen LogP contribution >= 0.6 is 0 Å². The average Bonchev–Trinajstić information content (AvgIpc) is 2.65. The molecule has 0 aromatic heterocycles. The van der Waals surface area contributed by atoms with Crippen molar-refractivity contribution in [3.63, 3.8) is 0 Å². The van der Waals surface area contributed by atoms with Crippen molar-refractivity contribution in [3.8, 4) is 5.75 Å². The number of esters is 1. The van der Waals surface area contributed by atoms with E-state index in [9.17, 15) is 14.4 Å². The van der Waals surface area contributed by atoms with Gasteiger partial charge in [0.05, 0.1) is 0 Å². The molecule has 0 radical (unpaired) electrons. The van der Waals surface area contributed by atoms with Gasteiger partial charge in [0.2, 0.25) is 6.10 Å². The number of likely N-dealkylation sites (N-methyl/N-ethyl adjacent to an activating group) is 1. The molecule has 0 aliphatic rings. The number of hydrogen-bond donors (Lipinski definition) is 0. The highest BCUT2D eigenvalue weighted by Gasteiger charge is 2.26. The molecule has 6 nitrogen and oxygen atoms in total. The van der Waals surface area contributed by atoms with E-state index in [1.54, 1.807) is 62.6 Å². The van der Waals surface area contributed by atoms with Crippen molar-refractivity contribution in [1.82, 2.24) is 4.90 Å². The summed E-state index contributed by atoms with van der Waals surface area (Å²) in [5, 5.41) is 0. The first kappa shape index (κ1) is 18.2. The summed E-state index contributed by atoms with van der Waals surface area (Å²) < 4.78 is 10.6. The fraction of sp³-hybridized carbons (Fsp3) is 0.211. The van der Waals surface area contributed by atoms with Gasteiger partial charge in [-0.25, -0.2) is 4.79 Å². The van der Waals surface area contributed by atoms with Crippen LogP contribution in [0.5, 0.6) is 5.75 Å². The molecule has 0 heterocycles. The minimum atomic E-state index is -1.02. The van der Waals surface area contributed by atoms with E-state index in [2.05, 4.69) is 0 Å². The van der Waals surface area contributed by atoms with Gasteiger partial charge in [-0.05, 0) is 24.3 Å². The molecule has 0 N–H and O–H groups in total. The number of carbonyl (C=O) groups is 3. The Kier molecular flexibility index (Phi) is 6.28. The van der Waals surface area contributed by atoms with Crippen molar-refractivity contribution in [2.45, 2.75) is 6.10 Å². The van der Waals surface area contributed by atoms with Gasteiger partial charge in [-0.2, -0.15) is 0 Å². The molecule has 1 atom stereocenters. The Hall–Kier alpha value is -3.15. The summed E-state index contributed by atoms with van der Waals surface area (Å²) in [5.74, 6) is -0.573. The fourth-order valence-corrected chi connectivity index (χ4v) is 2.07. The molecule has 0 spiro atoms. The van der Waals surface area contributed by atoms with Crippen LogP contribution in [0.3, 0.4) is 0 Å². The second-order valence-electron chi connectivity index (χ2n) is 5.49. The molecular weight excluding hydrogens is 322 g/mol. The molecule has 2 aromatic carbocycles. The lowest BCUT2D eigenvalue weighted by Crippen LogP contribution is -2.32. The maximum atomic E-state index is 12.3. The Morgan fingerprint density at radius 1 is 1.04 bits per heavy atom. The lowest BCUT2D eigenvalue weighted by molar-refractivity contribution is -0.161. The monoisotopic (exact) mass is 341 g/mol. The number of carbonyl (C=O) groups excluding carboxylic acids is 3. The van der Waals surface area contributed by atoms with Crippen molar-refractivity contribution in [3.05, 3.63) is 65.7 Å². The molecule has 2 aromatic rings. The number of nitrogens with zero attached hydrogens (tertiary/aromatic N) is 1. The Bertz CT molecular complexity index is 725. The van der Waals surface area contributed by atoms with Crippen molar-refractivity contribution in [1.29, 1.82) is 0 Å². The summed E-state index contributed by atoms with van der Waals surface area (Å²) in [6.45, 7) is -0.343. The topological polar surface area (TPSA) is 72.9 Å². The van der Waals surface area contributed by atoms with Gasteiger partial charge in [0, 0.05) is 25.2 Å². The van der Waals surface area contributed by atoms with E-state index >= 15 is 0 Å². The van der Waals surface area contributed by atoms with Crippen molar-refractivity contribution in [2.75, 3.05) is 20.7 Å². The predicted molar refractivity (Wildman–Crippen MR) is 91.3 cm³/mol. The first-order chi connectivity index (χ1) is 12.0. The zero-order chi connectivity index (χ0) is 18.2. The van der Waals surface area contributed by atoms with Gasteiger partial charge in [-0.1, -0.05) is 30.3 Å². The van der Waals surface area contributed by atoms with Crippen LogP contribution in [0.1, 0.15) is 22.0 Å². The van der Waals surface area contributed by atoms with Crippen molar-refractivity contribution >= 4 is 18.2 Å². The predicted octanol–water partition coefficient (Wildman–Crippen LogP) is 2.25. The van der Waals surface area contributed by atoms with Gasteiger partial charge in [0.25, 0.3) is 5.91 Å². The molecule has 130 valence electrons. The maximum Gasteiger partial charge on any atom is 0.345 e. The summed E-state index contributed by atoms with van der Waals surface area (Å²) in [4.78, 5) is 36.3. The van der Waals surface area contributed by atoms with E-state index < -0.39 is 12.1 Å². The standard InChI is InChI=1S/C19H19NO5/c1-20(2)19(23)18(15-6-4-3-5-7-15)25-17(22)13-24-16-10-8-14(12-21)9-11-16/h3-12,18H,13H2,1-2H3/t18-/m1/s1. The van der Waals surface area contributed by atoms with Crippen molar-refractivity contribution in [2.24, 2.45) is 0 Å². The second kappa shape index (κ2) is 8.63. The van der Waals surface area contributed by atoms with Crippen LogP contribution in [0.2, 0.25) is 0 Å². The summed E-state index contributed by atoms with van der Waals surface area (Å²) in [5.41, 5.74) is 1.10. The van der Waals surface area contributed by atoms with E-state index in [1.165, 1.54) is 4.90 Å². The quantitative estimate of drug-likeness (QED) is 0.570. The summed E-state index contributed by atoms with van der Waals surface area (Å²) in [6.07, 6.45) is -0.306. The maximum absolute atomic E-state index is 12.3. The molecule has 0 unspecified atom stereocenters. The molecule has 0 aliphatic heterocycles. The van der Waals surface area contributed by atoms with Crippen LogP contribution in [-0.4, -0.2) is 43.8 Å². The number of ether oxygens (including phenoxy) is 2. The summed E-state index contributed by atoms with van der Waals surface area (Å²) in [6, 6.07) is 15.1. The van der Waals surface area contributed by atoms with Gasteiger partial charge in [-0.3, -0.25) is 9.59 Å². The molecule has 1 amide bonds. The van der Waals surface area contributed by atoms with Crippen LogP contribution in [0.25, 0.3) is 0 Å². The normalized spacial score (nSPS) is 11.3. The highest BCUT2D eigenvalue weighted by atomic mass is 16.6. The molecule has 25 heavy (non-hydrogen) atoms. The number of rotatable bonds is 7. The Morgan fingerprint density at radius 3 is 2.24 bits per heavy atom. The number of amides is 1. The molecule has 0 bridgehead atoms. The third-order valence-electron chi connectivity index (χ3n) is 3.39. The van der Waals surface area contributed by atoms with Crippen LogP contribution in [0.15, 0.2) is 54.6 Å². The highest BCUT2D eigenvalue weighted by molar-refractivity contribution is 5.85. The van der Waals surface area contributed by atoms with E-state index in [1.807, 2.05) is 6.07 Å². The van der Waals surface area contributed by atoms with E-state index in [0.29, 0.717) is 16.9 Å². The van der Waals surface area contributed by atoms with Crippen LogP contribution in [0, 0.1) is 0 Å². The Labute approximate surface area is 146 Å². The first-order valence-corrected chi connectivity index (χ1v) is 7.65. The molecule has 0 fully saturated rings. The minimum absolute atomic E-state index is 0.338. The molecule has 0 saturated carbocycles. The number of benzene rings is 2. The number of hydrogen-bond acceptors (Lipinski definition) is 5. The summed E-state index contributed by atoms with van der Waals surface area (Å²) >= 11 is 0. The lowest BCUT2D eigenvalue weighted by atomic mass is 10.1. The largest absolute Gasteiger partial charge is 0.482 e. The Balaban J connectivity index is 2.01. The zero-order valence-corrected chi connectivity index (χ0v) is 14.0. The van der Waals surface area contributed by atoms with E-state index in [-0.39, 0.29) is 12.5 Å². The summed E-state index contributed by atoms with van der Waals surface area (Å²) in [7, 11) is 3.19. The van der Waals surface area contributed by atoms with Crippen LogP contribution < -0.4 is 4.74 Å². The Morgan fingerprint density at radius 2 is 1.68 bits per heavy atom. The van der Waals surface area contributed by atoms with Crippen LogP contribution in [-0.2, 0) is 14.3 Å². The van der Waals surface area contributed by atoms with Crippen molar-refractivity contribution < 1.29 is 23.9 Å². The minimum Gasteiger partial charge on any atom is -0.482 e. The lowest BCUT2D eigenvalue weighted by Gasteiger charge is -2.21. The first-order valence-electron chi connectivity index (χ1n) is 7.65. The van der Waals surface area contributed by atoms with Gasteiger partial charge in [-0.15, -0.1) is 0 Å². The SMILES string of the molecule is CN(C)C(=O)[C@H](OC(=O)COc1ccc(C=O)cc1)c1ccccc1. The molecular formula is C19H19NO5. The average molecular weight is 341 g/mol. The fourth-order valence-electron chi connectivity index (χ4n) is 2.07. The number of aldehydes is 1. The van der Waals surface area contributed by atoms with Gasteiger partial charge in [0.15, 0.2) is 6.61 Å². The molecule has 6 heteroatoms. The zero-order valence-electron chi connectivity index (χ0n) is 14.0. The smallest absolute Gasteiger partial charge is 0.345 e. The third-order valence-corrected chi connectivity index (χ3v) is 3.39. The molecule has 0 saturated heterocycles. The van der Waals surface area contributed by atoms with Gasteiger partial charge >= 0.3 is 5.97 Å². The van der Waals surface area contributed by atoms with E-state index in [0.717, 1.165) is 6.29 Å². The second-order valence-corrected chi connectivity index (χ2v) is 5.49. The molecule has 2 rings (SSSR count). The van der Waals surface area contributed by atoms with Gasteiger partial charge < -0.3 is 14.4 Å². The molecule has 0 aliphatic carbocycles. The van der Waals surface area contributed by atoms with E-state index in [4.69, 9.17) is 9.47 Å². The highest BCUT2D eigenvalue weighted by Crippen LogP contribution is 2.20.